The normalized spacial score (nSPS) is 15.6. The van der Waals surface area contributed by atoms with E-state index >= 15 is 0 Å². The minimum Gasteiger partial charge on any atom is -0.489 e. The summed E-state index contributed by atoms with van der Waals surface area (Å²) >= 11 is 12.0. The van der Waals surface area contributed by atoms with Crippen LogP contribution < -0.4 is 10.1 Å². The molecule has 0 aliphatic carbocycles. The number of carbonyl (C=O) groups is 2. The molecule has 0 unspecified atom stereocenters. The molecule has 1 heterocycles. The zero-order valence-electron chi connectivity index (χ0n) is 13.3. The van der Waals surface area contributed by atoms with Gasteiger partial charge in [0.25, 0.3) is 5.91 Å². The number of imide groups is 1. The molecule has 0 radical (unpaired) electrons. The zero-order valence-corrected chi connectivity index (χ0v) is 14.8. The summed E-state index contributed by atoms with van der Waals surface area (Å²) in [6, 6.07) is 12.0. The van der Waals surface area contributed by atoms with E-state index in [0.717, 1.165) is 16.0 Å². The summed E-state index contributed by atoms with van der Waals surface area (Å²) in [5, 5.41) is 3.64. The molecule has 1 saturated heterocycles. The van der Waals surface area contributed by atoms with Crippen LogP contribution in [0.5, 0.6) is 5.75 Å². The van der Waals surface area contributed by atoms with Crippen molar-refractivity contribution in [1.82, 2.24) is 10.2 Å². The fourth-order valence-electron chi connectivity index (χ4n) is 2.25. The van der Waals surface area contributed by atoms with Crippen LogP contribution in [-0.4, -0.2) is 23.9 Å². The van der Waals surface area contributed by atoms with Gasteiger partial charge in [0.1, 0.15) is 18.1 Å². The van der Waals surface area contributed by atoms with Crippen LogP contribution in [0.1, 0.15) is 11.1 Å². The Hall–Kier alpha value is -2.50. The number of carbonyl (C=O) groups excluding carboxylic acids is 2. The smallest absolute Gasteiger partial charge is 0.328 e. The molecular formula is C18H14Cl2N2O3. The number of benzene rings is 2. The first kappa shape index (κ1) is 17.3. The Morgan fingerprint density at radius 2 is 1.84 bits per heavy atom. The molecule has 2 aromatic rings. The number of urea groups is 1. The van der Waals surface area contributed by atoms with E-state index in [1.54, 1.807) is 42.5 Å². The highest BCUT2D eigenvalue weighted by molar-refractivity contribution is 6.35. The Bertz CT molecular complexity index is 863. The minimum atomic E-state index is -0.434. The van der Waals surface area contributed by atoms with Gasteiger partial charge in [0.05, 0.1) is 0 Å². The number of hydrogen-bond donors (Lipinski definition) is 1. The molecule has 0 saturated carbocycles. The van der Waals surface area contributed by atoms with E-state index < -0.39 is 6.03 Å². The standard InChI is InChI=1S/C18H14Cl2N2O3/c1-22-17(23)16(21-18(22)24)8-11-2-6-14(7-3-11)25-10-12-4-5-13(19)9-15(12)20/h2-9H,10H2,1H3,(H,21,24)/b16-8+. The first-order valence-corrected chi connectivity index (χ1v) is 8.17. The highest BCUT2D eigenvalue weighted by Crippen LogP contribution is 2.23. The molecule has 1 aliphatic rings. The molecule has 0 bridgehead atoms. The first-order valence-electron chi connectivity index (χ1n) is 7.41. The summed E-state index contributed by atoms with van der Waals surface area (Å²) in [5.74, 6) is 0.301. The van der Waals surface area contributed by atoms with Crippen molar-refractivity contribution < 1.29 is 14.3 Å². The predicted molar refractivity (Wildman–Crippen MR) is 96.5 cm³/mol. The number of nitrogens with one attached hydrogen (secondary N) is 1. The number of amides is 3. The molecular weight excluding hydrogens is 363 g/mol. The van der Waals surface area contributed by atoms with Crippen molar-refractivity contribution in [2.24, 2.45) is 0 Å². The highest BCUT2D eigenvalue weighted by Gasteiger charge is 2.29. The van der Waals surface area contributed by atoms with Crippen LogP contribution in [0.15, 0.2) is 48.2 Å². The topological polar surface area (TPSA) is 58.6 Å². The third kappa shape index (κ3) is 3.95. The van der Waals surface area contributed by atoms with E-state index in [4.69, 9.17) is 27.9 Å². The Morgan fingerprint density at radius 3 is 2.44 bits per heavy atom. The second-order valence-electron chi connectivity index (χ2n) is 5.45. The van der Waals surface area contributed by atoms with Crippen LogP contribution >= 0.6 is 23.2 Å². The van der Waals surface area contributed by atoms with E-state index in [9.17, 15) is 9.59 Å². The van der Waals surface area contributed by atoms with Crippen molar-refractivity contribution in [1.29, 1.82) is 0 Å². The van der Waals surface area contributed by atoms with Gasteiger partial charge in [-0.1, -0.05) is 41.4 Å². The Balaban J connectivity index is 1.66. The molecule has 25 heavy (non-hydrogen) atoms. The van der Waals surface area contributed by atoms with Crippen LogP contribution in [0.4, 0.5) is 4.79 Å². The van der Waals surface area contributed by atoms with Crippen LogP contribution in [0.3, 0.4) is 0 Å². The lowest BCUT2D eigenvalue weighted by Gasteiger charge is -2.08. The van der Waals surface area contributed by atoms with Crippen molar-refractivity contribution in [2.75, 3.05) is 7.05 Å². The van der Waals surface area contributed by atoms with Gasteiger partial charge in [-0.05, 0) is 35.9 Å². The summed E-state index contributed by atoms with van der Waals surface area (Å²) < 4.78 is 5.70. The number of likely N-dealkylation sites (N-methyl/N-ethyl adjacent to an activating group) is 1. The van der Waals surface area contributed by atoms with Crippen molar-refractivity contribution in [3.8, 4) is 5.75 Å². The zero-order chi connectivity index (χ0) is 18.0. The van der Waals surface area contributed by atoms with Gasteiger partial charge in [0.15, 0.2) is 0 Å². The summed E-state index contributed by atoms with van der Waals surface area (Å²) in [7, 11) is 1.43. The van der Waals surface area contributed by atoms with Gasteiger partial charge in [-0.2, -0.15) is 0 Å². The fourth-order valence-corrected chi connectivity index (χ4v) is 2.71. The Labute approximate surface area is 154 Å². The third-order valence-electron chi connectivity index (χ3n) is 3.68. The molecule has 5 nitrogen and oxygen atoms in total. The second kappa shape index (κ2) is 7.17. The maximum atomic E-state index is 11.8. The van der Waals surface area contributed by atoms with E-state index in [-0.39, 0.29) is 11.6 Å². The maximum Gasteiger partial charge on any atom is 0.328 e. The van der Waals surface area contributed by atoms with E-state index in [1.165, 1.54) is 7.05 Å². The molecule has 2 aromatic carbocycles. The number of ether oxygens (including phenoxy) is 1. The molecule has 3 amide bonds. The first-order chi connectivity index (χ1) is 11.9. The van der Waals surface area contributed by atoms with Crippen LogP contribution in [-0.2, 0) is 11.4 Å². The monoisotopic (exact) mass is 376 g/mol. The van der Waals surface area contributed by atoms with Crippen LogP contribution in [0, 0.1) is 0 Å². The number of hydrogen-bond acceptors (Lipinski definition) is 3. The SMILES string of the molecule is CN1C(=O)N/C(=C/c2ccc(OCc3ccc(Cl)cc3Cl)cc2)C1=O. The second-order valence-corrected chi connectivity index (χ2v) is 6.29. The summed E-state index contributed by atoms with van der Waals surface area (Å²) in [5.41, 5.74) is 1.85. The largest absolute Gasteiger partial charge is 0.489 e. The van der Waals surface area contributed by atoms with Crippen LogP contribution in [0.25, 0.3) is 6.08 Å². The van der Waals surface area contributed by atoms with Crippen molar-refractivity contribution in [3.63, 3.8) is 0 Å². The number of rotatable bonds is 4. The van der Waals surface area contributed by atoms with Crippen molar-refractivity contribution in [2.45, 2.75) is 6.61 Å². The van der Waals surface area contributed by atoms with Gasteiger partial charge in [-0.3, -0.25) is 9.69 Å². The van der Waals surface area contributed by atoms with Gasteiger partial charge < -0.3 is 10.1 Å². The van der Waals surface area contributed by atoms with E-state index in [0.29, 0.717) is 22.4 Å². The lowest BCUT2D eigenvalue weighted by Crippen LogP contribution is -2.25. The minimum absolute atomic E-state index is 0.245. The highest BCUT2D eigenvalue weighted by atomic mass is 35.5. The average Bonchev–Trinajstić information content (AvgIpc) is 2.82. The molecule has 128 valence electrons. The maximum absolute atomic E-state index is 11.8. The van der Waals surface area contributed by atoms with Gasteiger partial charge in [-0.25, -0.2) is 4.79 Å². The number of halogens is 2. The lowest BCUT2D eigenvalue weighted by atomic mass is 10.2. The summed E-state index contributed by atoms with van der Waals surface area (Å²) in [4.78, 5) is 24.3. The molecule has 0 aromatic heterocycles. The molecule has 1 N–H and O–H groups in total. The van der Waals surface area contributed by atoms with E-state index in [2.05, 4.69) is 5.32 Å². The molecule has 0 atom stereocenters. The molecule has 3 rings (SSSR count). The average molecular weight is 377 g/mol. The Kier molecular flexibility index (Phi) is 4.97. The van der Waals surface area contributed by atoms with Gasteiger partial charge >= 0.3 is 6.03 Å². The fraction of sp³-hybridized carbons (Fsp3) is 0.111. The number of nitrogens with zero attached hydrogens (tertiary/aromatic N) is 1. The molecule has 1 fully saturated rings. The quantitative estimate of drug-likeness (QED) is 0.645. The van der Waals surface area contributed by atoms with Crippen molar-refractivity contribution in [3.05, 3.63) is 69.3 Å². The summed E-state index contributed by atoms with van der Waals surface area (Å²) in [6.45, 7) is 0.315. The van der Waals surface area contributed by atoms with E-state index in [1.807, 2.05) is 6.07 Å². The molecule has 0 spiro atoms. The van der Waals surface area contributed by atoms with Gasteiger partial charge in [0.2, 0.25) is 0 Å². The van der Waals surface area contributed by atoms with Gasteiger partial charge in [0, 0.05) is 22.7 Å². The van der Waals surface area contributed by atoms with Crippen LogP contribution in [0.2, 0.25) is 10.0 Å². The summed E-state index contributed by atoms with van der Waals surface area (Å²) in [6.07, 6.45) is 1.61. The van der Waals surface area contributed by atoms with Crippen molar-refractivity contribution >= 4 is 41.2 Å². The van der Waals surface area contributed by atoms with Gasteiger partial charge in [-0.15, -0.1) is 0 Å². The molecule has 1 aliphatic heterocycles. The lowest BCUT2D eigenvalue weighted by molar-refractivity contribution is -0.121. The predicted octanol–water partition coefficient (Wildman–Crippen LogP) is 4.09. The third-order valence-corrected chi connectivity index (χ3v) is 4.27. The molecule has 7 heteroatoms. The Morgan fingerprint density at radius 1 is 1.12 bits per heavy atom.